The average Bonchev–Trinajstić information content (AvgIpc) is 1.25. The molecule has 48 valence electrons. The van der Waals surface area contributed by atoms with Crippen LogP contribution >= 0.6 is 0 Å². The molecule has 0 fully saturated rings. The SMILES string of the molecule is [O]=[Sn]([O-])[O-].[O]=[Sn]([O-])[O-].[Sn+4]. The molecule has 0 atom stereocenters. The van der Waals surface area contributed by atoms with Gasteiger partial charge >= 0.3 is 85.0 Å². The average molecular weight is 452 g/mol. The van der Waals surface area contributed by atoms with Crippen molar-refractivity contribution in [1.82, 2.24) is 0 Å². The first kappa shape index (κ1) is 17.1. The molecule has 0 unspecified atom stereocenters. The molecule has 0 heterocycles. The van der Waals surface area contributed by atoms with Gasteiger partial charge in [0.25, 0.3) is 0 Å². The molecule has 0 aliphatic carbocycles. The third-order valence-electron chi connectivity index (χ3n) is 0. The Bertz CT molecular complexity index is 66.3. The Kier molecular flexibility index (Phi) is 23.7. The van der Waals surface area contributed by atoms with Gasteiger partial charge in [0.2, 0.25) is 0 Å². The van der Waals surface area contributed by atoms with Crippen LogP contribution in [0.3, 0.4) is 0 Å². The Labute approximate surface area is 83.9 Å². The van der Waals surface area contributed by atoms with Gasteiger partial charge in [-0.2, -0.15) is 0 Å². The molecule has 0 radical (unpaired) electrons. The summed E-state index contributed by atoms with van der Waals surface area (Å²) in [4.78, 5) is 0. The van der Waals surface area contributed by atoms with Crippen molar-refractivity contribution in [1.29, 1.82) is 0 Å². The first-order chi connectivity index (χ1) is 3.46. The summed E-state index contributed by atoms with van der Waals surface area (Å²) in [6.45, 7) is 0. The molecule has 0 bridgehead atoms. The van der Waals surface area contributed by atoms with E-state index < -0.39 is 41.1 Å². The zero-order chi connectivity index (χ0) is 7.15. The Morgan fingerprint density at radius 3 is 0.778 bits per heavy atom. The Balaban J connectivity index is -0.0000000720. The van der Waals surface area contributed by atoms with Crippen molar-refractivity contribution in [3.8, 4) is 0 Å². The smallest absolute Gasteiger partial charge is 4.00 e. The van der Waals surface area contributed by atoms with Crippen LogP contribution in [0, 0.1) is 0 Å². The van der Waals surface area contributed by atoms with E-state index in [1.54, 1.807) is 0 Å². The minimum Gasteiger partial charge on any atom is 4.00 e. The first-order valence-electron chi connectivity index (χ1n) is 1.22. The van der Waals surface area contributed by atoms with Gasteiger partial charge in [-0.15, -0.1) is 0 Å². The molecule has 9 heteroatoms. The first-order valence-corrected chi connectivity index (χ1v) is 8.22. The van der Waals surface area contributed by atoms with Crippen molar-refractivity contribution in [2.24, 2.45) is 0 Å². The molecular formula is O6Sn3. The largest absolute Gasteiger partial charge is 4.00 e. The number of hydrogen-bond acceptors (Lipinski definition) is 6. The van der Waals surface area contributed by atoms with Crippen LogP contribution in [0.2, 0.25) is 0 Å². The third kappa shape index (κ3) is 179. The Morgan fingerprint density at radius 2 is 0.778 bits per heavy atom. The van der Waals surface area contributed by atoms with Gasteiger partial charge in [-0.25, -0.2) is 0 Å². The van der Waals surface area contributed by atoms with Crippen molar-refractivity contribution in [2.45, 2.75) is 0 Å². The van der Waals surface area contributed by atoms with Gasteiger partial charge in [-0.05, 0) is 0 Å². The van der Waals surface area contributed by atoms with Crippen LogP contribution in [0.5, 0.6) is 0 Å². The fourth-order valence-corrected chi connectivity index (χ4v) is 0. The van der Waals surface area contributed by atoms with Crippen molar-refractivity contribution >= 4 is 65.1 Å². The molecule has 0 rings (SSSR count). The van der Waals surface area contributed by atoms with Gasteiger partial charge in [0.1, 0.15) is 0 Å². The van der Waals surface area contributed by atoms with Crippen LogP contribution < -0.4 is 13.8 Å². The van der Waals surface area contributed by atoms with E-state index in [9.17, 15) is 0 Å². The summed E-state index contributed by atoms with van der Waals surface area (Å²) >= 11 is -8.59. The van der Waals surface area contributed by atoms with E-state index in [2.05, 4.69) is 0 Å². The molecule has 0 aliphatic heterocycles. The Morgan fingerprint density at radius 1 is 0.778 bits per heavy atom. The molecular weight excluding hydrogens is 452 g/mol. The van der Waals surface area contributed by atoms with Crippen LogP contribution in [-0.2, 0) is 6.15 Å². The predicted molar refractivity (Wildman–Crippen MR) is 18.6 cm³/mol. The fraction of sp³-hybridized carbons (Fsp3) is 0. The molecule has 0 aromatic rings. The van der Waals surface area contributed by atoms with Gasteiger partial charge in [-0.1, -0.05) is 0 Å². The van der Waals surface area contributed by atoms with Crippen LogP contribution in [0.15, 0.2) is 0 Å². The summed E-state index contributed by atoms with van der Waals surface area (Å²) in [7, 11) is 0. The van der Waals surface area contributed by atoms with E-state index in [1.165, 1.54) is 0 Å². The Hall–Kier alpha value is 1.84. The zero-order valence-electron chi connectivity index (χ0n) is 3.95. The molecule has 0 spiro atoms. The van der Waals surface area contributed by atoms with E-state index >= 15 is 0 Å². The third-order valence-corrected chi connectivity index (χ3v) is 0. The summed E-state index contributed by atoms with van der Waals surface area (Å²) in [6.07, 6.45) is 0. The van der Waals surface area contributed by atoms with Crippen molar-refractivity contribution in [3.05, 3.63) is 0 Å². The molecule has 0 aliphatic rings. The zero-order valence-corrected chi connectivity index (χ0v) is 12.5. The predicted octanol–water partition coefficient (Wildman–Crippen LogP) is -6.14. The van der Waals surface area contributed by atoms with E-state index in [0.29, 0.717) is 0 Å². The topological polar surface area (TPSA) is 126 Å². The van der Waals surface area contributed by atoms with E-state index in [0.717, 1.165) is 0 Å². The maximum Gasteiger partial charge on any atom is 4.00 e. The second-order valence-corrected chi connectivity index (χ2v) is 3.35. The fourth-order valence-electron chi connectivity index (χ4n) is 0. The van der Waals surface area contributed by atoms with Gasteiger partial charge in [0.05, 0.1) is 0 Å². The summed E-state index contributed by atoms with van der Waals surface area (Å²) in [5, 5.41) is 0. The van der Waals surface area contributed by atoms with Crippen LogP contribution in [-0.4, -0.2) is 65.1 Å². The summed E-state index contributed by atoms with van der Waals surface area (Å²) in [6, 6.07) is 0. The van der Waals surface area contributed by atoms with Crippen molar-refractivity contribution in [2.75, 3.05) is 0 Å². The van der Waals surface area contributed by atoms with Crippen molar-refractivity contribution in [3.63, 3.8) is 0 Å². The molecule has 9 heavy (non-hydrogen) atoms. The summed E-state index contributed by atoms with van der Waals surface area (Å²) in [5.41, 5.74) is 0. The van der Waals surface area contributed by atoms with Gasteiger partial charge < -0.3 is 0 Å². The molecule has 0 saturated heterocycles. The number of hydrogen-bond donors (Lipinski definition) is 0. The quantitative estimate of drug-likeness (QED) is 0.337. The maximum atomic E-state index is 8.61. The van der Waals surface area contributed by atoms with E-state index in [-0.39, 0.29) is 23.9 Å². The van der Waals surface area contributed by atoms with Gasteiger partial charge in [0, 0.05) is 0 Å². The normalized spacial score (nSPS) is 5.78. The van der Waals surface area contributed by atoms with E-state index in [1.807, 2.05) is 0 Å². The summed E-state index contributed by atoms with van der Waals surface area (Å²) < 4.78 is 51.7. The molecule has 6 nitrogen and oxygen atoms in total. The van der Waals surface area contributed by atoms with Gasteiger partial charge in [-0.3, -0.25) is 0 Å². The molecule has 0 aromatic heterocycles. The molecule has 0 saturated carbocycles. The summed E-state index contributed by atoms with van der Waals surface area (Å²) in [5.74, 6) is 0. The standard InChI is InChI=1S/6O.3Sn/q;;4*-1;;;+4. The van der Waals surface area contributed by atoms with Crippen LogP contribution in [0.25, 0.3) is 0 Å². The maximum absolute atomic E-state index is 8.61. The van der Waals surface area contributed by atoms with Crippen LogP contribution in [0.4, 0.5) is 0 Å². The van der Waals surface area contributed by atoms with Gasteiger partial charge in [0.15, 0.2) is 0 Å². The van der Waals surface area contributed by atoms with Crippen molar-refractivity contribution < 1.29 is 19.9 Å². The second-order valence-electron chi connectivity index (χ2n) is 0.500. The monoisotopic (exact) mass is 456 g/mol. The second kappa shape index (κ2) is 12.5. The molecule has 0 amide bonds. The minimum absolute atomic E-state index is 0. The molecule has 0 N–H and O–H groups in total. The van der Waals surface area contributed by atoms with Crippen LogP contribution in [0.1, 0.15) is 0 Å². The minimum atomic E-state index is -4.29. The number of rotatable bonds is 0. The molecule has 0 aromatic carbocycles. The van der Waals surface area contributed by atoms with E-state index in [4.69, 9.17) is 19.9 Å².